The SMILES string of the molecule is CN(C)CS(=O)(=O)[O-].[Li+]. The van der Waals surface area contributed by atoms with Gasteiger partial charge in [0.2, 0.25) is 0 Å². The summed E-state index contributed by atoms with van der Waals surface area (Å²) in [6, 6.07) is 0. The largest absolute Gasteiger partial charge is 1.00 e. The Labute approximate surface area is 67.2 Å². The van der Waals surface area contributed by atoms with Gasteiger partial charge in [-0.15, -0.1) is 0 Å². The molecule has 0 aromatic heterocycles. The minimum Gasteiger partial charge on any atom is -0.747 e. The standard InChI is InChI=1S/C3H9NO3S.Li/c1-4(2)3-8(5,6)7;/h3H2,1-2H3,(H,5,6,7);/q;+1/p-1. The molecule has 0 aliphatic rings. The van der Waals surface area contributed by atoms with Gasteiger partial charge in [-0.3, -0.25) is 4.90 Å². The van der Waals surface area contributed by atoms with Crippen LogP contribution in [0, 0.1) is 0 Å². The van der Waals surface area contributed by atoms with Crippen LogP contribution < -0.4 is 18.9 Å². The quantitative estimate of drug-likeness (QED) is 0.294. The van der Waals surface area contributed by atoms with Crippen molar-refractivity contribution in [3.63, 3.8) is 0 Å². The molecule has 50 valence electrons. The molecular formula is C3H8LiNO3S. The van der Waals surface area contributed by atoms with Gasteiger partial charge in [0.15, 0.2) is 0 Å². The summed E-state index contributed by atoms with van der Waals surface area (Å²) in [7, 11) is -1.00. The van der Waals surface area contributed by atoms with Gasteiger partial charge in [-0.25, -0.2) is 8.42 Å². The van der Waals surface area contributed by atoms with Crippen LogP contribution in [0.4, 0.5) is 0 Å². The van der Waals surface area contributed by atoms with E-state index in [0.29, 0.717) is 0 Å². The minimum absolute atomic E-state index is 0. The maximum atomic E-state index is 9.84. The minimum atomic E-state index is -4.05. The van der Waals surface area contributed by atoms with Crippen molar-refractivity contribution in [1.82, 2.24) is 4.90 Å². The van der Waals surface area contributed by atoms with Gasteiger partial charge in [-0.05, 0) is 14.1 Å². The zero-order valence-electron chi connectivity index (χ0n) is 5.79. The molecule has 0 unspecified atom stereocenters. The maximum absolute atomic E-state index is 9.84. The molecule has 0 saturated heterocycles. The molecule has 0 N–H and O–H groups in total. The monoisotopic (exact) mass is 145 g/mol. The van der Waals surface area contributed by atoms with Crippen molar-refractivity contribution in [3.05, 3.63) is 0 Å². The van der Waals surface area contributed by atoms with Crippen molar-refractivity contribution < 1.29 is 31.8 Å². The van der Waals surface area contributed by atoms with Crippen LogP contribution in [0.3, 0.4) is 0 Å². The molecule has 0 fully saturated rings. The van der Waals surface area contributed by atoms with E-state index >= 15 is 0 Å². The van der Waals surface area contributed by atoms with Crippen LogP contribution in [0.25, 0.3) is 0 Å². The zero-order chi connectivity index (χ0) is 6.78. The van der Waals surface area contributed by atoms with Gasteiger partial charge < -0.3 is 4.55 Å². The van der Waals surface area contributed by atoms with E-state index in [2.05, 4.69) is 0 Å². The third-order valence-corrected chi connectivity index (χ3v) is 1.25. The second kappa shape index (κ2) is 4.31. The van der Waals surface area contributed by atoms with Crippen molar-refractivity contribution in [1.29, 1.82) is 0 Å². The van der Waals surface area contributed by atoms with Gasteiger partial charge in [-0.2, -0.15) is 0 Å². The van der Waals surface area contributed by atoms with E-state index < -0.39 is 16.0 Å². The predicted octanol–water partition coefficient (Wildman–Crippen LogP) is -3.95. The van der Waals surface area contributed by atoms with E-state index in [1.54, 1.807) is 0 Å². The molecule has 6 heteroatoms. The fourth-order valence-electron chi connectivity index (χ4n) is 0.316. The zero-order valence-corrected chi connectivity index (χ0v) is 6.60. The molecule has 0 heterocycles. The summed E-state index contributed by atoms with van der Waals surface area (Å²) in [5.74, 6) is -0.424. The third-order valence-electron chi connectivity index (χ3n) is 0.416. The summed E-state index contributed by atoms with van der Waals surface area (Å²) in [5.41, 5.74) is 0. The van der Waals surface area contributed by atoms with Crippen LogP contribution in [0.2, 0.25) is 0 Å². The van der Waals surface area contributed by atoms with Crippen LogP contribution in [0.5, 0.6) is 0 Å². The Bertz CT molecular complexity index is 152. The van der Waals surface area contributed by atoms with Crippen molar-refractivity contribution >= 4 is 10.1 Å². The average molecular weight is 145 g/mol. The Hall–Kier alpha value is 0.467. The Morgan fingerprint density at radius 3 is 1.78 bits per heavy atom. The van der Waals surface area contributed by atoms with Crippen molar-refractivity contribution in [2.24, 2.45) is 0 Å². The summed E-state index contributed by atoms with van der Waals surface area (Å²) < 4.78 is 29.5. The molecule has 0 aromatic carbocycles. The first-order valence-electron chi connectivity index (χ1n) is 2.00. The molecule has 0 bridgehead atoms. The summed E-state index contributed by atoms with van der Waals surface area (Å²) >= 11 is 0. The first-order chi connectivity index (χ1) is 3.42. The van der Waals surface area contributed by atoms with E-state index in [1.165, 1.54) is 19.0 Å². The van der Waals surface area contributed by atoms with Gasteiger partial charge in [0.05, 0.1) is 5.88 Å². The first kappa shape index (κ1) is 12.2. The average Bonchev–Trinajstić information content (AvgIpc) is 1.21. The summed E-state index contributed by atoms with van der Waals surface area (Å²) in [6.45, 7) is 0. The van der Waals surface area contributed by atoms with E-state index in [-0.39, 0.29) is 18.9 Å². The van der Waals surface area contributed by atoms with Crippen LogP contribution in [0.1, 0.15) is 0 Å². The van der Waals surface area contributed by atoms with Gasteiger partial charge in [-0.1, -0.05) is 0 Å². The Kier molecular flexibility index (Phi) is 5.83. The number of nitrogens with zero attached hydrogens (tertiary/aromatic N) is 1. The van der Waals surface area contributed by atoms with Gasteiger partial charge in [0, 0.05) is 0 Å². The first-order valence-corrected chi connectivity index (χ1v) is 3.58. The topological polar surface area (TPSA) is 60.4 Å². The summed E-state index contributed by atoms with van der Waals surface area (Å²) in [4.78, 5) is 1.31. The molecule has 0 atom stereocenters. The van der Waals surface area contributed by atoms with Crippen molar-refractivity contribution in [3.8, 4) is 0 Å². The van der Waals surface area contributed by atoms with Gasteiger partial charge >= 0.3 is 18.9 Å². The third kappa shape index (κ3) is 11.8. The second-order valence-electron chi connectivity index (χ2n) is 1.77. The van der Waals surface area contributed by atoms with E-state index in [1.807, 2.05) is 0 Å². The summed E-state index contributed by atoms with van der Waals surface area (Å²) in [5, 5.41) is 0. The molecule has 4 nitrogen and oxygen atoms in total. The maximum Gasteiger partial charge on any atom is 1.00 e. The number of rotatable bonds is 2. The summed E-state index contributed by atoms with van der Waals surface area (Å²) in [6.07, 6.45) is 0. The van der Waals surface area contributed by atoms with E-state index in [9.17, 15) is 13.0 Å². The Morgan fingerprint density at radius 1 is 1.44 bits per heavy atom. The van der Waals surface area contributed by atoms with Crippen LogP contribution >= 0.6 is 0 Å². The van der Waals surface area contributed by atoms with E-state index in [4.69, 9.17) is 0 Å². The molecule has 0 radical (unpaired) electrons. The fraction of sp³-hybridized carbons (Fsp3) is 1.00. The molecule has 0 aliphatic heterocycles. The van der Waals surface area contributed by atoms with Crippen LogP contribution in [-0.2, 0) is 10.1 Å². The predicted molar refractivity (Wildman–Crippen MR) is 28.3 cm³/mol. The van der Waals surface area contributed by atoms with Crippen LogP contribution in [0.15, 0.2) is 0 Å². The fourth-order valence-corrected chi connectivity index (χ4v) is 0.949. The molecular weight excluding hydrogens is 137 g/mol. The number of hydrogen-bond acceptors (Lipinski definition) is 4. The normalized spacial score (nSPS) is 11.1. The molecule has 0 aromatic rings. The van der Waals surface area contributed by atoms with Crippen molar-refractivity contribution in [2.75, 3.05) is 20.0 Å². The Morgan fingerprint density at radius 2 is 1.78 bits per heavy atom. The molecule has 0 rings (SSSR count). The number of hydrogen-bond donors (Lipinski definition) is 0. The van der Waals surface area contributed by atoms with Gasteiger partial charge in [0.1, 0.15) is 10.1 Å². The molecule has 9 heavy (non-hydrogen) atoms. The van der Waals surface area contributed by atoms with Crippen molar-refractivity contribution in [2.45, 2.75) is 0 Å². The Balaban J connectivity index is 0. The molecule has 0 spiro atoms. The van der Waals surface area contributed by atoms with Gasteiger partial charge in [0.25, 0.3) is 0 Å². The molecule has 0 saturated carbocycles. The smallest absolute Gasteiger partial charge is 0.747 e. The second-order valence-corrected chi connectivity index (χ2v) is 3.14. The van der Waals surface area contributed by atoms with E-state index in [0.717, 1.165) is 0 Å². The van der Waals surface area contributed by atoms with Crippen LogP contribution in [-0.4, -0.2) is 37.8 Å². The molecule has 0 amide bonds. The molecule has 0 aliphatic carbocycles.